The molecule has 0 bridgehead atoms. The molecule has 0 unspecified atom stereocenters. The van der Waals surface area contributed by atoms with Gasteiger partial charge in [0.25, 0.3) is 5.91 Å². The maximum atomic E-state index is 13.0. The minimum Gasteiger partial charge on any atom is -0.467 e. The monoisotopic (exact) mass is 585 g/mol. The lowest BCUT2D eigenvalue weighted by Crippen LogP contribution is -2.40. The molecule has 210 valence electrons. The van der Waals surface area contributed by atoms with E-state index in [1.165, 1.54) is 27.7 Å². The first kappa shape index (κ1) is 28.0. The van der Waals surface area contributed by atoms with Gasteiger partial charge in [-0.1, -0.05) is 35.9 Å². The lowest BCUT2D eigenvalue weighted by Gasteiger charge is -2.26. The molecule has 1 atom stereocenters. The molecule has 0 N–H and O–H groups in total. The quantitative estimate of drug-likeness (QED) is 0.350. The second-order valence-electron chi connectivity index (χ2n) is 9.35. The van der Waals surface area contributed by atoms with Crippen molar-refractivity contribution in [3.05, 3.63) is 88.8 Å². The Morgan fingerprint density at radius 2 is 1.75 bits per heavy atom. The summed E-state index contributed by atoms with van der Waals surface area (Å²) in [5, 5.41) is 6.40. The third kappa shape index (κ3) is 6.44. The van der Waals surface area contributed by atoms with Crippen LogP contribution in [0.1, 0.15) is 35.8 Å². The molecular formula is C28H28ClN3O7S. The molecule has 12 heteroatoms. The number of aryl methyl sites for hydroxylation is 1. The largest absolute Gasteiger partial charge is 0.467 e. The number of amides is 1. The Morgan fingerprint density at radius 1 is 1.02 bits per heavy atom. The molecule has 2 aromatic carbocycles. The maximum Gasteiger partial charge on any atom is 0.306 e. The zero-order valence-corrected chi connectivity index (χ0v) is 23.1. The average Bonchev–Trinajstić information content (AvgIpc) is 3.67. The van der Waals surface area contributed by atoms with Crippen LogP contribution in [0.25, 0.3) is 0 Å². The standard InChI is InChI=1S/C28H28ClN3O7S/c29-22-8-6-21(7-9-22)24-18-25(26-2-1-15-38-26)32(30-24)27(33)19-39-28(34)12-5-20-3-10-23(11-4-20)40(35,36)31-13-16-37-17-14-31/h1-4,6-11,15,25H,5,12-14,16-19H2/t25-/m1/s1. The van der Waals surface area contributed by atoms with Gasteiger partial charge in [0.15, 0.2) is 6.61 Å². The van der Waals surface area contributed by atoms with Crippen LogP contribution in [0.4, 0.5) is 0 Å². The number of ether oxygens (including phenoxy) is 2. The Morgan fingerprint density at radius 3 is 2.42 bits per heavy atom. The molecule has 1 saturated heterocycles. The third-order valence-corrected chi connectivity index (χ3v) is 8.89. The van der Waals surface area contributed by atoms with Crippen molar-refractivity contribution in [3.8, 4) is 0 Å². The van der Waals surface area contributed by atoms with Crippen molar-refractivity contribution in [1.82, 2.24) is 9.31 Å². The van der Waals surface area contributed by atoms with Gasteiger partial charge in [-0.15, -0.1) is 0 Å². The van der Waals surface area contributed by atoms with Crippen molar-refractivity contribution in [3.63, 3.8) is 0 Å². The van der Waals surface area contributed by atoms with Crippen LogP contribution in [0.15, 0.2) is 81.3 Å². The zero-order chi connectivity index (χ0) is 28.1. The van der Waals surface area contributed by atoms with Crippen LogP contribution in [0.5, 0.6) is 0 Å². The molecule has 3 aromatic rings. The number of benzene rings is 2. The second kappa shape index (κ2) is 12.3. The number of furan rings is 1. The van der Waals surface area contributed by atoms with Gasteiger partial charge >= 0.3 is 5.97 Å². The summed E-state index contributed by atoms with van der Waals surface area (Å²) in [5.74, 6) is -0.447. The first-order valence-corrected chi connectivity index (χ1v) is 14.6. The van der Waals surface area contributed by atoms with E-state index in [1.54, 1.807) is 36.4 Å². The molecule has 2 aliphatic heterocycles. The predicted octanol–water partition coefficient (Wildman–Crippen LogP) is 3.81. The summed E-state index contributed by atoms with van der Waals surface area (Å²) in [4.78, 5) is 25.7. The van der Waals surface area contributed by atoms with E-state index in [1.807, 2.05) is 12.1 Å². The summed E-state index contributed by atoms with van der Waals surface area (Å²) in [6.07, 6.45) is 2.33. The SMILES string of the molecule is O=C(CCc1ccc(S(=O)(=O)N2CCOCC2)cc1)OCC(=O)N1N=C(c2ccc(Cl)cc2)C[C@@H]1c1ccco1. The first-order valence-electron chi connectivity index (χ1n) is 12.8. The number of esters is 1. The predicted molar refractivity (Wildman–Crippen MR) is 146 cm³/mol. The number of carbonyl (C=O) groups excluding carboxylic acids is 2. The van der Waals surface area contributed by atoms with Crippen molar-refractivity contribution < 1.29 is 31.9 Å². The molecule has 1 aromatic heterocycles. The summed E-state index contributed by atoms with van der Waals surface area (Å²) in [7, 11) is -3.58. The first-order chi connectivity index (χ1) is 19.3. The van der Waals surface area contributed by atoms with E-state index in [0.29, 0.717) is 55.6 Å². The highest BCUT2D eigenvalue weighted by atomic mass is 35.5. The number of rotatable bonds is 9. The normalized spacial score (nSPS) is 18.0. The smallest absolute Gasteiger partial charge is 0.306 e. The number of nitrogens with zero attached hydrogens (tertiary/aromatic N) is 3. The topological polar surface area (TPSA) is 119 Å². The Labute approximate surface area is 237 Å². The highest BCUT2D eigenvalue weighted by molar-refractivity contribution is 7.89. The van der Waals surface area contributed by atoms with E-state index < -0.39 is 34.5 Å². The highest BCUT2D eigenvalue weighted by Gasteiger charge is 2.35. The van der Waals surface area contributed by atoms with Gasteiger partial charge in [0, 0.05) is 31.0 Å². The third-order valence-electron chi connectivity index (χ3n) is 6.72. The van der Waals surface area contributed by atoms with E-state index in [2.05, 4.69) is 5.10 Å². The van der Waals surface area contributed by atoms with Gasteiger partial charge in [0.1, 0.15) is 11.8 Å². The molecule has 5 rings (SSSR count). The summed E-state index contributed by atoms with van der Waals surface area (Å²) >= 11 is 6.00. The van der Waals surface area contributed by atoms with Crippen molar-refractivity contribution >= 4 is 39.2 Å². The van der Waals surface area contributed by atoms with Gasteiger partial charge < -0.3 is 13.9 Å². The van der Waals surface area contributed by atoms with Crippen molar-refractivity contribution in [2.45, 2.75) is 30.2 Å². The lowest BCUT2D eigenvalue weighted by molar-refractivity contribution is -0.152. The van der Waals surface area contributed by atoms with Crippen LogP contribution in [-0.2, 0) is 35.5 Å². The number of morpholine rings is 1. The molecule has 2 aliphatic rings. The van der Waals surface area contributed by atoms with E-state index in [0.717, 1.165) is 11.1 Å². The van der Waals surface area contributed by atoms with E-state index in [-0.39, 0.29) is 11.3 Å². The Balaban J connectivity index is 1.16. The van der Waals surface area contributed by atoms with Gasteiger partial charge in [-0.2, -0.15) is 9.41 Å². The molecule has 1 amide bonds. The number of hydrazone groups is 1. The molecule has 40 heavy (non-hydrogen) atoms. The van der Waals surface area contributed by atoms with Gasteiger partial charge in [-0.3, -0.25) is 9.59 Å². The fraction of sp³-hybridized carbons (Fsp3) is 0.321. The minimum atomic E-state index is -3.58. The lowest BCUT2D eigenvalue weighted by atomic mass is 10.0. The molecule has 1 fully saturated rings. The van der Waals surface area contributed by atoms with Crippen LogP contribution >= 0.6 is 11.6 Å². The van der Waals surface area contributed by atoms with Crippen molar-refractivity contribution in [1.29, 1.82) is 0 Å². The summed E-state index contributed by atoms with van der Waals surface area (Å²) < 4.78 is 43.0. The fourth-order valence-electron chi connectivity index (χ4n) is 4.55. The summed E-state index contributed by atoms with van der Waals surface area (Å²) in [5.41, 5.74) is 2.30. The number of carbonyl (C=O) groups is 2. The highest BCUT2D eigenvalue weighted by Crippen LogP contribution is 2.33. The summed E-state index contributed by atoms with van der Waals surface area (Å²) in [6, 6.07) is 16.7. The van der Waals surface area contributed by atoms with Gasteiger partial charge in [-0.05, 0) is 53.9 Å². The Bertz CT molecular complexity index is 1470. The molecular weight excluding hydrogens is 558 g/mol. The van der Waals surface area contributed by atoms with Crippen molar-refractivity contribution in [2.24, 2.45) is 5.10 Å². The molecule has 0 saturated carbocycles. The average molecular weight is 586 g/mol. The molecule has 0 aliphatic carbocycles. The van der Waals surface area contributed by atoms with E-state index >= 15 is 0 Å². The van der Waals surface area contributed by atoms with Crippen molar-refractivity contribution in [2.75, 3.05) is 32.9 Å². The van der Waals surface area contributed by atoms with Gasteiger partial charge in [-0.25, -0.2) is 13.4 Å². The van der Waals surface area contributed by atoms with E-state index in [4.69, 9.17) is 25.5 Å². The van der Waals surface area contributed by atoms with Crippen LogP contribution in [-0.4, -0.2) is 68.2 Å². The van der Waals surface area contributed by atoms with Crippen LogP contribution in [0.3, 0.4) is 0 Å². The van der Waals surface area contributed by atoms with Crippen LogP contribution in [0, 0.1) is 0 Å². The minimum absolute atomic E-state index is 0.0315. The fourth-order valence-corrected chi connectivity index (χ4v) is 6.08. The van der Waals surface area contributed by atoms with Crippen LogP contribution in [0.2, 0.25) is 5.02 Å². The Kier molecular flexibility index (Phi) is 8.65. The van der Waals surface area contributed by atoms with E-state index in [9.17, 15) is 18.0 Å². The maximum absolute atomic E-state index is 13.0. The second-order valence-corrected chi connectivity index (χ2v) is 11.7. The number of hydrogen-bond acceptors (Lipinski definition) is 8. The Hall–Kier alpha value is -3.51. The molecule has 3 heterocycles. The van der Waals surface area contributed by atoms with Crippen LogP contribution < -0.4 is 0 Å². The van der Waals surface area contributed by atoms with Gasteiger partial charge in [0.2, 0.25) is 10.0 Å². The number of halogens is 1. The zero-order valence-electron chi connectivity index (χ0n) is 21.6. The number of sulfonamides is 1. The summed E-state index contributed by atoms with van der Waals surface area (Å²) in [6.45, 7) is 0.923. The molecule has 10 nitrogen and oxygen atoms in total. The molecule has 0 radical (unpaired) electrons. The molecule has 0 spiro atoms. The van der Waals surface area contributed by atoms with Gasteiger partial charge in [0.05, 0.1) is 30.1 Å². The number of hydrogen-bond donors (Lipinski definition) is 0.